The minimum atomic E-state index is -0.900. The summed E-state index contributed by atoms with van der Waals surface area (Å²) in [7, 11) is 1.82. The number of halogens is 1. The van der Waals surface area contributed by atoms with Crippen molar-refractivity contribution in [2.24, 2.45) is 4.99 Å². The highest BCUT2D eigenvalue weighted by Crippen LogP contribution is 2.29. The van der Waals surface area contributed by atoms with Crippen LogP contribution in [0.5, 0.6) is 0 Å². The molecule has 0 spiro atoms. The molecule has 3 aromatic carbocycles. The SMILES string of the molecule is CNc1ccccc1/C=C(\C=O)Cc1cc(-c2ccc(C)c(N=C(CCCCC(=O)O)N(C=O)c3ccc(F)cc3)c2)no1. The van der Waals surface area contributed by atoms with Crippen molar-refractivity contribution >= 4 is 47.6 Å². The van der Waals surface area contributed by atoms with Crippen molar-refractivity contribution in [3.8, 4) is 11.3 Å². The van der Waals surface area contributed by atoms with Crippen LogP contribution < -0.4 is 10.2 Å². The van der Waals surface area contributed by atoms with E-state index in [-0.39, 0.29) is 12.8 Å². The van der Waals surface area contributed by atoms with Crippen molar-refractivity contribution in [3.63, 3.8) is 0 Å². The number of aliphatic imine (C=N–C) groups is 1. The number of aryl methyl sites for hydroxylation is 1. The van der Waals surface area contributed by atoms with Gasteiger partial charge in [0.1, 0.15) is 29.4 Å². The number of hydrogen-bond donors (Lipinski definition) is 2. The van der Waals surface area contributed by atoms with Crippen LogP contribution in [0.2, 0.25) is 0 Å². The van der Waals surface area contributed by atoms with Crippen LogP contribution in [0.15, 0.2) is 87.9 Å². The summed E-state index contributed by atoms with van der Waals surface area (Å²) < 4.78 is 19.1. The van der Waals surface area contributed by atoms with E-state index < -0.39 is 11.8 Å². The van der Waals surface area contributed by atoms with Crippen LogP contribution in [0, 0.1) is 12.7 Å². The number of unbranched alkanes of at least 4 members (excludes halogenated alkanes) is 1. The molecule has 226 valence electrons. The molecule has 1 amide bonds. The summed E-state index contributed by atoms with van der Waals surface area (Å²) in [6.45, 7) is 1.88. The first-order chi connectivity index (χ1) is 21.3. The number of carboxylic acids is 1. The van der Waals surface area contributed by atoms with Crippen molar-refractivity contribution in [2.45, 2.75) is 39.0 Å². The van der Waals surface area contributed by atoms with Gasteiger partial charge in [-0.25, -0.2) is 9.38 Å². The fraction of sp³-hybridized carbons (Fsp3) is 0.206. The molecule has 0 atom stereocenters. The third-order valence-corrected chi connectivity index (χ3v) is 6.94. The normalized spacial score (nSPS) is 11.7. The Labute approximate surface area is 254 Å². The first-order valence-electron chi connectivity index (χ1n) is 14.1. The predicted octanol–water partition coefficient (Wildman–Crippen LogP) is 6.99. The Morgan fingerprint density at radius 3 is 2.50 bits per heavy atom. The van der Waals surface area contributed by atoms with Gasteiger partial charge in [0.05, 0.1) is 5.69 Å². The average Bonchev–Trinajstić information content (AvgIpc) is 3.49. The van der Waals surface area contributed by atoms with Gasteiger partial charge in [-0.1, -0.05) is 35.5 Å². The van der Waals surface area contributed by atoms with E-state index in [1.807, 2.05) is 56.4 Å². The van der Waals surface area contributed by atoms with Gasteiger partial charge in [-0.3, -0.25) is 19.3 Å². The number of allylic oxidation sites excluding steroid dienone is 1. The predicted molar refractivity (Wildman–Crippen MR) is 169 cm³/mol. The molecule has 0 bridgehead atoms. The van der Waals surface area contributed by atoms with Crippen molar-refractivity contribution in [3.05, 3.63) is 101 Å². The molecule has 44 heavy (non-hydrogen) atoms. The smallest absolute Gasteiger partial charge is 0.303 e. The molecule has 9 nitrogen and oxygen atoms in total. The first kappa shape index (κ1) is 31.6. The molecule has 0 saturated heterocycles. The molecular formula is C34H33FN4O5. The molecule has 2 N–H and O–H groups in total. The molecule has 0 aliphatic heterocycles. The fourth-order valence-corrected chi connectivity index (χ4v) is 4.60. The number of hydrogen-bond acceptors (Lipinski definition) is 7. The standard InChI is InChI=1S/C34H33FN4O5/c1-23-11-12-26(32-20-29(44-38-32)18-24(21-40)17-25-7-3-4-8-30(25)36-2)19-31(23)37-33(9-5-6-10-34(42)43)39(22-41)28-15-13-27(35)14-16-28/h3-4,7-8,11-17,19-22,36H,5-6,9-10,18H2,1-2H3,(H,42,43)/b24-17-,37-33?. The van der Waals surface area contributed by atoms with Gasteiger partial charge in [-0.05, 0) is 73.4 Å². The molecule has 0 aliphatic carbocycles. The van der Waals surface area contributed by atoms with Gasteiger partial charge >= 0.3 is 5.97 Å². The van der Waals surface area contributed by atoms with E-state index in [0.717, 1.165) is 23.1 Å². The molecule has 0 fully saturated rings. The van der Waals surface area contributed by atoms with E-state index in [2.05, 4.69) is 10.5 Å². The summed E-state index contributed by atoms with van der Waals surface area (Å²) in [6, 6.07) is 20.5. The van der Waals surface area contributed by atoms with Gasteiger partial charge in [-0.15, -0.1) is 0 Å². The summed E-state index contributed by atoms with van der Waals surface area (Å²) in [5, 5.41) is 16.4. The summed E-state index contributed by atoms with van der Waals surface area (Å²) in [5.74, 6) is -0.439. The van der Waals surface area contributed by atoms with Crippen LogP contribution in [-0.2, 0) is 20.8 Å². The number of carboxylic acid groups (broad SMARTS) is 1. The first-order valence-corrected chi connectivity index (χ1v) is 14.1. The van der Waals surface area contributed by atoms with Gasteiger partial charge in [-0.2, -0.15) is 0 Å². The Hall–Kier alpha value is -5.38. The highest BCUT2D eigenvalue weighted by Gasteiger charge is 2.16. The zero-order chi connectivity index (χ0) is 31.5. The van der Waals surface area contributed by atoms with E-state index in [1.165, 1.54) is 29.2 Å². The number of aldehydes is 1. The lowest BCUT2D eigenvalue weighted by Gasteiger charge is -2.20. The molecule has 1 aromatic heterocycles. The van der Waals surface area contributed by atoms with E-state index >= 15 is 0 Å². The second-order valence-electron chi connectivity index (χ2n) is 10.1. The summed E-state index contributed by atoms with van der Waals surface area (Å²) >= 11 is 0. The monoisotopic (exact) mass is 596 g/mol. The van der Waals surface area contributed by atoms with Crippen LogP contribution >= 0.6 is 0 Å². The summed E-state index contributed by atoms with van der Waals surface area (Å²) in [6.07, 6.45) is 4.66. The van der Waals surface area contributed by atoms with E-state index in [4.69, 9.17) is 14.6 Å². The third-order valence-electron chi connectivity index (χ3n) is 6.94. The highest BCUT2D eigenvalue weighted by molar-refractivity contribution is 6.10. The highest BCUT2D eigenvalue weighted by atomic mass is 19.1. The van der Waals surface area contributed by atoms with Gasteiger partial charge in [0.25, 0.3) is 0 Å². The zero-order valence-electron chi connectivity index (χ0n) is 24.5. The molecule has 0 unspecified atom stereocenters. The van der Waals surface area contributed by atoms with E-state index in [9.17, 15) is 18.8 Å². The van der Waals surface area contributed by atoms with Crippen LogP contribution in [0.3, 0.4) is 0 Å². The molecular weight excluding hydrogens is 563 g/mol. The number of nitrogens with one attached hydrogen (secondary N) is 1. The Kier molecular flexibility index (Phi) is 10.9. The number of anilines is 2. The van der Waals surface area contributed by atoms with Gasteiger partial charge in [0, 0.05) is 54.9 Å². The topological polar surface area (TPSA) is 125 Å². The maximum absolute atomic E-state index is 13.6. The minimum Gasteiger partial charge on any atom is -0.481 e. The number of carbonyl (C=O) groups is 3. The van der Waals surface area contributed by atoms with E-state index in [0.29, 0.717) is 65.5 Å². The molecule has 10 heteroatoms. The van der Waals surface area contributed by atoms with Crippen LogP contribution in [-0.4, -0.2) is 41.8 Å². The Balaban J connectivity index is 1.62. The Morgan fingerprint density at radius 1 is 1.05 bits per heavy atom. The van der Waals surface area contributed by atoms with Gasteiger partial charge < -0.3 is 14.9 Å². The van der Waals surface area contributed by atoms with Crippen molar-refractivity contribution in [1.82, 2.24) is 5.16 Å². The number of para-hydroxylation sites is 1. The summed E-state index contributed by atoms with van der Waals surface area (Å²) in [4.78, 5) is 41.2. The lowest BCUT2D eigenvalue weighted by Crippen LogP contribution is -2.29. The number of amidine groups is 1. The van der Waals surface area contributed by atoms with Crippen LogP contribution in [0.1, 0.15) is 42.6 Å². The Morgan fingerprint density at radius 2 is 1.80 bits per heavy atom. The van der Waals surface area contributed by atoms with Crippen molar-refractivity contribution < 1.29 is 28.4 Å². The third kappa shape index (κ3) is 8.34. The number of rotatable bonds is 14. The molecule has 1 heterocycles. The second-order valence-corrected chi connectivity index (χ2v) is 10.1. The number of amides is 1. The van der Waals surface area contributed by atoms with Crippen LogP contribution in [0.4, 0.5) is 21.5 Å². The number of carbonyl (C=O) groups excluding carboxylic acids is 2. The minimum absolute atomic E-state index is 0.00304. The molecule has 4 rings (SSSR count). The fourth-order valence-electron chi connectivity index (χ4n) is 4.60. The lowest BCUT2D eigenvalue weighted by atomic mass is 10.0. The zero-order valence-corrected chi connectivity index (χ0v) is 24.5. The summed E-state index contributed by atoms with van der Waals surface area (Å²) in [5.41, 5.74) is 5.40. The largest absolute Gasteiger partial charge is 0.481 e. The maximum atomic E-state index is 13.6. The number of nitrogens with zero attached hydrogens (tertiary/aromatic N) is 3. The molecule has 0 radical (unpaired) electrons. The average molecular weight is 597 g/mol. The number of benzene rings is 3. The van der Waals surface area contributed by atoms with E-state index in [1.54, 1.807) is 12.1 Å². The maximum Gasteiger partial charge on any atom is 0.303 e. The molecule has 4 aromatic rings. The quantitative estimate of drug-likeness (QED) is 0.0528. The second kappa shape index (κ2) is 15.2. The van der Waals surface area contributed by atoms with Gasteiger partial charge in [0.15, 0.2) is 0 Å². The number of aromatic nitrogens is 1. The van der Waals surface area contributed by atoms with Crippen molar-refractivity contribution in [2.75, 3.05) is 17.3 Å². The lowest BCUT2D eigenvalue weighted by molar-refractivity contribution is -0.137. The Bertz CT molecular complexity index is 1680. The molecule has 0 aliphatic rings. The van der Waals surface area contributed by atoms with Crippen LogP contribution in [0.25, 0.3) is 17.3 Å². The number of aliphatic carboxylic acids is 1. The van der Waals surface area contributed by atoms with Crippen molar-refractivity contribution in [1.29, 1.82) is 0 Å². The van der Waals surface area contributed by atoms with Gasteiger partial charge in [0.2, 0.25) is 6.41 Å². The molecule has 0 saturated carbocycles.